The van der Waals surface area contributed by atoms with Gasteiger partial charge in [0.25, 0.3) is 5.03 Å². The zero-order chi connectivity index (χ0) is 18.5. The molecule has 0 fully saturated rings. The summed E-state index contributed by atoms with van der Waals surface area (Å²) in [6, 6.07) is 14.2. The predicted octanol–water partition coefficient (Wildman–Crippen LogP) is 2.53. The molecular weight excluding hydrogens is 422 g/mol. The van der Waals surface area contributed by atoms with Gasteiger partial charge in [-0.3, -0.25) is 4.79 Å². The second kappa shape index (κ2) is 8.24. The predicted molar refractivity (Wildman–Crippen MR) is 97.5 cm³/mol. The minimum absolute atomic E-state index is 0.0443. The van der Waals surface area contributed by atoms with Gasteiger partial charge in [-0.15, -0.1) is 0 Å². The van der Waals surface area contributed by atoms with Gasteiger partial charge >= 0.3 is 0 Å². The van der Waals surface area contributed by atoms with E-state index in [2.05, 4.69) is 26.5 Å². The number of hydrogen-bond donors (Lipinski definition) is 1. The SMILES string of the molecule is COc1ccc(-[n+]2noc([O-])c2SCC(=O)Nc2ccc(Br)cc2)cc1. The second-order valence-corrected chi connectivity index (χ2v) is 7.00. The highest BCUT2D eigenvalue weighted by atomic mass is 79.9. The number of rotatable bonds is 6. The zero-order valence-corrected chi connectivity index (χ0v) is 16.0. The first kappa shape index (κ1) is 18.3. The number of nitrogens with zero attached hydrogens (tertiary/aromatic N) is 2. The fraction of sp³-hybridized carbons (Fsp3) is 0.118. The van der Waals surface area contributed by atoms with E-state index in [1.165, 1.54) is 4.68 Å². The molecule has 0 aliphatic rings. The van der Waals surface area contributed by atoms with Gasteiger partial charge in [0, 0.05) is 22.3 Å². The number of methoxy groups -OCH3 is 1. The average Bonchev–Trinajstić information content (AvgIpc) is 3.02. The van der Waals surface area contributed by atoms with Crippen LogP contribution in [0.15, 0.2) is 62.6 Å². The molecule has 3 aromatic rings. The molecule has 1 heterocycles. The topological polar surface area (TPSA) is 91.3 Å². The molecule has 0 bridgehead atoms. The van der Waals surface area contributed by atoms with Crippen LogP contribution in [0.1, 0.15) is 0 Å². The second-order valence-electron chi connectivity index (χ2n) is 5.12. The van der Waals surface area contributed by atoms with Crippen molar-refractivity contribution in [3.05, 3.63) is 53.0 Å². The Morgan fingerprint density at radius 3 is 2.62 bits per heavy atom. The molecule has 0 radical (unpaired) electrons. The first-order chi connectivity index (χ1) is 12.6. The van der Waals surface area contributed by atoms with Gasteiger partial charge in [0.1, 0.15) is 5.75 Å². The van der Waals surface area contributed by atoms with Crippen molar-refractivity contribution in [1.82, 2.24) is 5.27 Å². The van der Waals surface area contributed by atoms with Gasteiger partial charge in [0.05, 0.1) is 18.1 Å². The number of anilines is 1. The van der Waals surface area contributed by atoms with Crippen molar-refractivity contribution in [2.45, 2.75) is 5.03 Å². The molecule has 0 unspecified atom stereocenters. The van der Waals surface area contributed by atoms with Crippen LogP contribution in [0.5, 0.6) is 11.7 Å². The lowest BCUT2D eigenvalue weighted by atomic mass is 10.3. The van der Waals surface area contributed by atoms with Crippen LogP contribution < -0.4 is 19.8 Å². The molecule has 9 heteroatoms. The van der Waals surface area contributed by atoms with E-state index in [1.54, 1.807) is 43.5 Å². The number of nitrogens with one attached hydrogen (secondary N) is 1. The number of halogens is 1. The van der Waals surface area contributed by atoms with Crippen molar-refractivity contribution in [1.29, 1.82) is 0 Å². The Morgan fingerprint density at radius 1 is 1.27 bits per heavy atom. The monoisotopic (exact) mass is 435 g/mol. The molecular formula is C17H14BrN3O4S. The lowest BCUT2D eigenvalue weighted by Gasteiger charge is -2.04. The Bertz CT molecular complexity index is 897. The van der Waals surface area contributed by atoms with Gasteiger partial charge in [0.2, 0.25) is 11.6 Å². The average molecular weight is 436 g/mol. The lowest BCUT2D eigenvalue weighted by Crippen LogP contribution is -2.35. The summed E-state index contributed by atoms with van der Waals surface area (Å²) in [5.41, 5.74) is 1.31. The molecule has 1 amide bonds. The number of hydrogen-bond acceptors (Lipinski definition) is 6. The molecule has 0 aliphatic carbocycles. The van der Waals surface area contributed by atoms with E-state index in [4.69, 9.17) is 9.26 Å². The molecule has 0 saturated carbocycles. The molecule has 1 N–H and O–H groups in total. The van der Waals surface area contributed by atoms with Crippen molar-refractivity contribution in [3.8, 4) is 17.4 Å². The van der Waals surface area contributed by atoms with Crippen LogP contribution in [-0.4, -0.2) is 24.0 Å². The molecule has 0 atom stereocenters. The maximum atomic E-state index is 12.1. The highest BCUT2D eigenvalue weighted by Crippen LogP contribution is 2.24. The third-order valence-electron chi connectivity index (χ3n) is 3.36. The minimum Gasteiger partial charge on any atom is -0.538 e. The Morgan fingerprint density at radius 2 is 1.96 bits per heavy atom. The van der Waals surface area contributed by atoms with Crippen LogP contribution in [0.3, 0.4) is 0 Å². The smallest absolute Gasteiger partial charge is 0.298 e. The van der Waals surface area contributed by atoms with Crippen molar-refractivity contribution in [3.63, 3.8) is 0 Å². The number of carbonyl (C=O) groups is 1. The fourth-order valence-corrected chi connectivity index (χ4v) is 3.13. The van der Waals surface area contributed by atoms with Crippen LogP contribution in [0, 0.1) is 0 Å². The molecule has 1 aromatic heterocycles. The van der Waals surface area contributed by atoms with E-state index < -0.39 is 5.95 Å². The third kappa shape index (κ3) is 4.36. The quantitative estimate of drug-likeness (QED) is 0.472. The number of carbonyl (C=O) groups excluding carboxylic acids is 1. The number of aromatic nitrogens is 2. The molecule has 0 aliphatic heterocycles. The molecule has 0 spiro atoms. The van der Waals surface area contributed by atoms with Crippen LogP contribution >= 0.6 is 27.7 Å². The van der Waals surface area contributed by atoms with Crippen LogP contribution in [0.4, 0.5) is 5.69 Å². The fourth-order valence-electron chi connectivity index (χ4n) is 2.11. The Kier molecular flexibility index (Phi) is 5.79. The maximum absolute atomic E-state index is 12.1. The summed E-state index contributed by atoms with van der Waals surface area (Å²) >= 11 is 4.39. The zero-order valence-electron chi connectivity index (χ0n) is 13.6. The van der Waals surface area contributed by atoms with E-state index >= 15 is 0 Å². The van der Waals surface area contributed by atoms with Crippen molar-refractivity contribution in [2.75, 3.05) is 18.2 Å². The highest BCUT2D eigenvalue weighted by Gasteiger charge is 2.22. The molecule has 134 valence electrons. The molecule has 2 aromatic carbocycles. The van der Waals surface area contributed by atoms with Gasteiger partial charge in [0.15, 0.2) is 5.95 Å². The summed E-state index contributed by atoms with van der Waals surface area (Å²) in [5.74, 6) is -0.104. The summed E-state index contributed by atoms with van der Waals surface area (Å²) in [5, 5.41) is 18.6. The number of ether oxygens (including phenoxy) is 1. The van der Waals surface area contributed by atoms with Crippen LogP contribution in [-0.2, 0) is 4.79 Å². The van der Waals surface area contributed by atoms with Crippen LogP contribution in [0.2, 0.25) is 0 Å². The summed E-state index contributed by atoms with van der Waals surface area (Å²) in [6.07, 6.45) is 0. The lowest BCUT2D eigenvalue weighted by molar-refractivity contribution is -0.705. The van der Waals surface area contributed by atoms with Gasteiger partial charge < -0.3 is 19.7 Å². The van der Waals surface area contributed by atoms with Crippen molar-refractivity contribution >= 4 is 39.3 Å². The normalized spacial score (nSPS) is 10.5. The number of thioether (sulfide) groups is 1. The Hall–Kier alpha value is -2.52. The molecule has 26 heavy (non-hydrogen) atoms. The van der Waals surface area contributed by atoms with Gasteiger partial charge in [-0.25, -0.2) is 0 Å². The van der Waals surface area contributed by atoms with E-state index in [0.29, 0.717) is 17.1 Å². The molecule has 7 nitrogen and oxygen atoms in total. The van der Waals surface area contributed by atoms with E-state index in [1.807, 2.05) is 12.1 Å². The summed E-state index contributed by atoms with van der Waals surface area (Å²) in [7, 11) is 1.57. The number of benzene rings is 2. The molecule has 3 rings (SSSR count). The van der Waals surface area contributed by atoms with Gasteiger partial charge in [-0.1, -0.05) is 15.9 Å². The van der Waals surface area contributed by atoms with Crippen molar-refractivity contribution < 1.29 is 23.8 Å². The number of amides is 1. The summed E-state index contributed by atoms with van der Waals surface area (Å²) in [4.78, 5) is 12.1. The Balaban J connectivity index is 1.68. The first-order valence-electron chi connectivity index (χ1n) is 7.48. The first-order valence-corrected chi connectivity index (χ1v) is 9.26. The summed E-state index contributed by atoms with van der Waals surface area (Å²) in [6.45, 7) is 0. The largest absolute Gasteiger partial charge is 0.538 e. The third-order valence-corrected chi connectivity index (χ3v) is 4.91. The minimum atomic E-state index is -0.595. The molecule has 0 saturated heterocycles. The van der Waals surface area contributed by atoms with Gasteiger partial charge in [-0.05, 0) is 52.8 Å². The standard InChI is InChI=1S/C17H14BrN3O4S/c1-24-14-8-6-13(7-9-14)21-16(17(23)25-20-21)26-10-15(22)19-12-4-2-11(18)3-5-12/h2-9H,10H2,1H3,(H-,19,20,22,23). The van der Waals surface area contributed by atoms with Crippen molar-refractivity contribution in [2.24, 2.45) is 0 Å². The summed E-state index contributed by atoms with van der Waals surface area (Å²) < 4.78 is 12.1. The van der Waals surface area contributed by atoms with E-state index in [9.17, 15) is 9.90 Å². The highest BCUT2D eigenvalue weighted by molar-refractivity contribution is 9.10. The van der Waals surface area contributed by atoms with Gasteiger partial charge in [-0.2, -0.15) is 0 Å². The van der Waals surface area contributed by atoms with E-state index in [0.717, 1.165) is 16.2 Å². The van der Waals surface area contributed by atoms with Crippen LogP contribution in [0.25, 0.3) is 5.69 Å². The van der Waals surface area contributed by atoms with E-state index in [-0.39, 0.29) is 16.7 Å². The Labute approximate surface area is 162 Å². The maximum Gasteiger partial charge on any atom is 0.298 e.